The first-order valence-electron chi connectivity index (χ1n) is 7.46. The van der Waals surface area contributed by atoms with Gasteiger partial charge in [0.05, 0.1) is 5.56 Å². The van der Waals surface area contributed by atoms with Crippen LogP contribution in [0, 0.1) is 0 Å². The van der Waals surface area contributed by atoms with Gasteiger partial charge in [-0.2, -0.15) is 5.43 Å². The number of nitrogens with zero attached hydrogens (tertiary/aromatic N) is 4. The Morgan fingerprint density at radius 1 is 0.750 bits per heavy atom. The van der Waals surface area contributed by atoms with Gasteiger partial charge in [0.15, 0.2) is 5.82 Å². The van der Waals surface area contributed by atoms with Crippen LogP contribution in [-0.2, 0) is 0 Å². The first-order chi connectivity index (χ1) is 11.4. The zero-order chi connectivity index (χ0) is 15.5. The van der Waals surface area contributed by atoms with Crippen LogP contribution in [0.2, 0.25) is 0 Å². The molecule has 1 aromatic heterocycles. The highest BCUT2D eigenvalue weighted by Gasteiger charge is 2.31. The number of hydrogen-bond acceptors (Lipinski definition) is 4. The Bertz CT molecular complexity index is 809. The Morgan fingerprint density at radius 3 is 2.08 bits per heavy atom. The van der Waals surface area contributed by atoms with Gasteiger partial charge in [-0.1, -0.05) is 47.6 Å². The van der Waals surface area contributed by atoms with Gasteiger partial charge in [0.2, 0.25) is 0 Å². The predicted octanol–water partition coefficient (Wildman–Crippen LogP) is -0.833. The number of pyridine rings is 1. The second kappa shape index (κ2) is 7.25. The summed E-state index contributed by atoms with van der Waals surface area (Å²) in [5.41, 5.74) is 4.14. The molecule has 0 bridgehead atoms. The SMILES string of the molecule is [Br-].c1ccc(C2=NN(c3ccccn3)N(c3ccccc3)[NH2+]2)cc1. The van der Waals surface area contributed by atoms with Crippen molar-refractivity contribution in [2.24, 2.45) is 5.10 Å². The summed E-state index contributed by atoms with van der Waals surface area (Å²) in [7, 11) is 0. The highest BCUT2D eigenvalue weighted by Crippen LogP contribution is 2.20. The third-order valence-electron chi connectivity index (χ3n) is 3.60. The Labute approximate surface area is 151 Å². The monoisotopic (exact) mass is 381 g/mol. The van der Waals surface area contributed by atoms with Gasteiger partial charge >= 0.3 is 0 Å². The van der Waals surface area contributed by atoms with Crippen LogP contribution in [0.25, 0.3) is 0 Å². The first kappa shape index (κ1) is 16.2. The van der Waals surface area contributed by atoms with Gasteiger partial charge in [0.25, 0.3) is 5.84 Å². The zero-order valence-electron chi connectivity index (χ0n) is 12.8. The lowest BCUT2D eigenvalue weighted by Crippen LogP contribution is -3.00. The second-order valence-electron chi connectivity index (χ2n) is 5.14. The number of rotatable bonds is 3. The third kappa shape index (κ3) is 3.15. The molecule has 0 atom stereocenters. The molecule has 2 heterocycles. The summed E-state index contributed by atoms with van der Waals surface area (Å²) in [5, 5.41) is 8.57. The van der Waals surface area contributed by atoms with E-state index >= 15 is 0 Å². The zero-order valence-corrected chi connectivity index (χ0v) is 14.4. The minimum Gasteiger partial charge on any atom is -1.00 e. The van der Waals surface area contributed by atoms with Crippen molar-refractivity contribution in [1.29, 1.82) is 0 Å². The number of hydrazone groups is 1. The maximum atomic E-state index is 4.74. The molecule has 3 aromatic rings. The summed E-state index contributed by atoms with van der Waals surface area (Å²) in [4.78, 5) is 4.42. The summed E-state index contributed by atoms with van der Waals surface area (Å²) in [6.45, 7) is 0. The van der Waals surface area contributed by atoms with Crippen molar-refractivity contribution < 1.29 is 22.4 Å². The lowest BCUT2D eigenvalue weighted by Gasteiger charge is -2.22. The van der Waals surface area contributed by atoms with Crippen LogP contribution in [0.4, 0.5) is 11.5 Å². The molecule has 6 heteroatoms. The van der Waals surface area contributed by atoms with E-state index in [-0.39, 0.29) is 17.0 Å². The van der Waals surface area contributed by atoms with Crippen molar-refractivity contribution in [3.63, 3.8) is 0 Å². The molecule has 0 fully saturated rings. The van der Waals surface area contributed by atoms with Crippen LogP contribution < -0.4 is 32.6 Å². The number of quaternary nitrogens is 1. The van der Waals surface area contributed by atoms with Crippen LogP contribution in [0.5, 0.6) is 0 Å². The Morgan fingerprint density at radius 2 is 1.42 bits per heavy atom. The quantitative estimate of drug-likeness (QED) is 0.602. The number of hydrazine groups is 1. The van der Waals surface area contributed by atoms with Crippen molar-refractivity contribution in [2.45, 2.75) is 0 Å². The molecule has 0 unspecified atom stereocenters. The number of nitrogens with two attached hydrogens (primary N) is 1. The number of aromatic nitrogens is 1. The number of benzene rings is 2. The molecule has 0 aliphatic carbocycles. The normalized spacial score (nSPS) is 13.4. The van der Waals surface area contributed by atoms with Crippen LogP contribution in [0.3, 0.4) is 0 Å². The molecule has 0 amide bonds. The van der Waals surface area contributed by atoms with Gasteiger partial charge in [-0.05, 0) is 36.4 Å². The van der Waals surface area contributed by atoms with Crippen LogP contribution in [-0.4, -0.2) is 10.8 Å². The number of amidine groups is 1. The van der Waals surface area contributed by atoms with Crippen molar-refractivity contribution in [3.8, 4) is 0 Å². The van der Waals surface area contributed by atoms with Crippen molar-refractivity contribution in [1.82, 2.24) is 4.98 Å². The number of hydrogen-bond donors (Lipinski definition) is 1. The summed E-state index contributed by atoms with van der Waals surface area (Å²) in [6, 6.07) is 26.1. The molecule has 0 radical (unpaired) electrons. The van der Waals surface area contributed by atoms with Gasteiger partial charge in [0.1, 0.15) is 5.69 Å². The lowest BCUT2D eigenvalue weighted by molar-refractivity contribution is -0.545. The molecule has 4 rings (SSSR count). The maximum Gasteiger partial charge on any atom is 0.277 e. The van der Waals surface area contributed by atoms with Crippen molar-refractivity contribution >= 4 is 17.3 Å². The van der Waals surface area contributed by atoms with E-state index in [4.69, 9.17) is 5.10 Å². The Kier molecular flexibility index (Phi) is 4.88. The molecule has 2 N–H and O–H groups in total. The van der Waals surface area contributed by atoms with Crippen molar-refractivity contribution in [2.75, 3.05) is 10.2 Å². The fourth-order valence-corrected chi connectivity index (χ4v) is 2.49. The smallest absolute Gasteiger partial charge is 0.277 e. The van der Waals surface area contributed by atoms with Gasteiger partial charge in [-0.25, -0.2) is 4.98 Å². The molecule has 1 aliphatic rings. The minimum absolute atomic E-state index is 0. The van der Waals surface area contributed by atoms with Crippen LogP contribution in [0.15, 0.2) is 90.2 Å². The summed E-state index contributed by atoms with van der Waals surface area (Å²) in [6.07, 6.45) is 1.77. The standard InChI is InChI=1S/C18H15N5.BrH/c1-3-9-15(10-4-1)18-20-22(16-11-5-2-6-12-16)23(21-18)17-13-7-8-14-19-17;/h1-14H,(H,20,21);1H. The molecular formula is C18H16BrN5. The lowest BCUT2D eigenvalue weighted by atomic mass is 10.2. The van der Waals surface area contributed by atoms with E-state index in [0.717, 1.165) is 22.9 Å². The molecule has 24 heavy (non-hydrogen) atoms. The highest BCUT2D eigenvalue weighted by molar-refractivity contribution is 5.93. The van der Waals surface area contributed by atoms with Gasteiger partial charge in [-0.15, -0.1) is 10.2 Å². The van der Waals surface area contributed by atoms with E-state index in [1.165, 1.54) is 0 Å². The highest BCUT2D eigenvalue weighted by atomic mass is 79.9. The summed E-state index contributed by atoms with van der Waals surface area (Å²) < 4.78 is 0. The van der Waals surface area contributed by atoms with E-state index in [1.54, 1.807) is 6.20 Å². The van der Waals surface area contributed by atoms with E-state index in [0.29, 0.717) is 0 Å². The fraction of sp³-hybridized carbons (Fsp3) is 0. The first-order valence-corrected chi connectivity index (χ1v) is 7.46. The molecule has 5 nitrogen and oxygen atoms in total. The van der Waals surface area contributed by atoms with Crippen LogP contribution >= 0.6 is 0 Å². The third-order valence-corrected chi connectivity index (χ3v) is 3.60. The van der Waals surface area contributed by atoms with E-state index < -0.39 is 0 Å². The molecule has 0 saturated carbocycles. The van der Waals surface area contributed by atoms with Gasteiger partial charge in [-0.3, -0.25) is 0 Å². The Hall–Kier alpha value is -2.70. The molecule has 120 valence electrons. The Balaban J connectivity index is 0.00000169. The maximum absolute atomic E-state index is 4.74. The molecule has 1 aliphatic heterocycles. The topological polar surface area (TPSA) is 48.3 Å². The summed E-state index contributed by atoms with van der Waals surface area (Å²) >= 11 is 0. The molecular weight excluding hydrogens is 366 g/mol. The average Bonchev–Trinajstić information content (AvgIpc) is 3.09. The van der Waals surface area contributed by atoms with E-state index in [1.807, 2.05) is 70.3 Å². The number of para-hydroxylation sites is 1. The predicted molar refractivity (Wildman–Crippen MR) is 90.5 cm³/mol. The number of halogens is 1. The van der Waals surface area contributed by atoms with Crippen molar-refractivity contribution in [3.05, 3.63) is 90.6 Å². The molecule has 0 spiro atoms. The summed E-state index contributed by atoms with van der Waals surface area (Å²) in [5.74, 6) is 1.68. The fourth-order valence-electron chi connectivity index (χ4n) is 2.49. The molecule has 0 saturated heterocycles. The molecule has 2 aromatic carbocycles. The van der Waals surface area contributed by atoms with E-state index in [9.17, 15) is 0 Å². The second-order valence-corrected chi connectivity index (χ2v) is 5.14. The van der Waals surface area contributed by atoms with Gasteiger partial charge in [0, 0.05) is 6.20 Å². The van der Waals surface area contributed by atoms with Gasteiger partial charge < -0.3 is 17.0 Å². The van der Waals surface area contributed by atoms with Crippen LogP contribution in [0.1, 0.15) is 5.56 Å². The average molecular weight is 382 g/mol. The largest absolute Gasteiger partial charge is 1.00 e. The van der Waals surface area contributed by atoms with E-state index in [2.05, 4.69) is 29.2 Å². The number of anilines is 2. The minimum atomic E-state index is 0.